The highest BCUT2D eigenvalue weighted by Gasteiger charge is 2.25. The number of nitrogens with zero attached hydrogens (tertiary/aromatic N) is 4. The normalized spacial score (nSPS) is 15.1. The van der Waals surface area contributed by atoms with Crippen LogP contribution in [0.3, 0.4) is 0 Å². The minimum absolute atomic E-state index is 0.225. The summed E-state index contributed by atoms with van der Waals surface area (Å²) < 4.78 is 16.0. The Labute approximate surface area is 198 Å². The summed E-state index contributed by atoms with van der Waals surface area (Å²) in [6, 6.07) is 21.9. The van der Waals surface area contributed by atoms with E-state index < -0.39 is 0 Å². The number of benzene rings is 2. The highest BCUT2D eigenvalue weighted by molar-refractivity contribution is 7.98. The summed E-state index contributed by atoms with van der Waals surface area (Å²) in [7, 11) is 0. The second-order valence-corrected chi connectivity index (χ2v) is 9.19. The molecule has 5 rings (SSSR count). The topological polar surface area (TPSA) is 34.0 Å². The van der Waals surface area contributed by atoms with Gasteiger partial charge in [0.2, 0.25) is 0 Å². The van der Waals surface area contributed by atoms with E-state index in [0.29, 0.717) is 6.04 Å². The van der Waals surface area contributed by atoms with Crippen LogP contribution in [-0.2, 0) is 6.54 Å². The van der Waals surface area contributed by atoms with E-state index in [0.717, 1.165) is 60.1 Å². The molecule has 0 N–H and O–H groups in total. The fraction of sp³-hybridized carbons (Fsp3) is 0.259. The Hall–Kier alpha value is -2.96. The molecule has 1 aliphatic rings. The predicted molar refractivity (Wildman–Crippen MR) is 133 cm³/mol. The second kappa shape index (κ2) is 9.89. The molecule has 168 valence electrons. The summed E-state index contributed by atoms with van der Waals surface area (Å²) in [6.45, 7) is 3.11. The lowest BCUT2D eigenvalue weighted by molar-refractivity contribution is 0.180. The third-order valence-electron chi connectivity index (χ3n) is 6.33. The van der Waals surface area contributed by atoms with Crippen LogP contribution in [0.1, 0.15) is 24.4 Å². The second-order valence-electron chi connectivity index (χ2n) is 8.41. The molecule has 0 spiro atoms. The fourth-order valence-corrected chi connectivity index (χ4v) is 5.01. The average Bonchev–Trinajstić information content (AvgIpc) is 3.31. The van der Waals surface area contributed by atoms with Crippen molar-refractivity contribution in [2.45, 2.75) is 30.6 Å². The largest absolute Gasteiger partial charge is 0.343 e. The Morgan fingerprint density at radius 2 is 1.73 bits per heavy atom. The van der Waals surface area contributed by atoms with E-state index in [1.165, 1.54) is 29.5 Å². The molecule has 0 radical (unpaired) electrons. The van der Waals surface area contributed by atoms with Gasteiger partial charge in [-0.2, -0.15) is 0 Å². The van der Waals surface area contributed by atoms with Crippen molar-refractivity contribution >= 4 is 11.8 Å². The van der Waals surface area contributed by atoms with Crippen LogP contribution < -0.4 is 0 Å². The van der Waals surface area contributed by atoms with Crippen LogP contribution in [0.5, 0.6) is 0 Å². The summed E-state index contributed by atoms with van der Waals surface area (Å²) >= 11 is 1.54. The van der Waals surface area contributed by atoms with Crippen molar-refractivity contribution in [2.75, 3.05) is 19.3 Å². The molecular weight excluding hydrogens is 431 g/mol. The molecule has 6 heteroatoms. The van der Waals surface area contributed by atoms with Crippen LogP contribution in [0.4, 0.5) is 4.39 Å². The van der Waals surface area contributed by atoms with E-state index in [1.807, 2.05) is 30.7 Å². The van der Waals surface area contributed by atoms with Crippen molar-refractivity contribution in [3.63, 3.8) is 0 Å². The van der Waals surface area contributed by atoms with Gasteiger partial charge in [0.25, 0.3) is 0 Å². The van der Waals surface area contributed by atoms with Gasteiger partial charge in [0.1, 0.15) is 5.82 Å². The zero-order valence-corrected chi connectivity index (χ0v) is 19.5. The van der Waals surface area contributed by atoms with E-state index in [9.17, 15) is 4.39 Å². The summed E-state index contributed by atoms with van der Waals surface area (Å²) in [4.78, 5) is 11.7. The van der Waals surface area contributed by atoms with Gasteiger partial charge in [-0.05, 0) is 54.5 Å². The van der Waals surface area contributed by atoms with Crippen LogP contribution in [-0.4, -0.2) is 38.8 Å². The Balaban J connectivity index is 1.44. The summed E-state index contributed by atoms with van der Waals surface area (Å²) in [5.74, 6) is -0.225. The van der Waals surface area contributed by atoms with Gasteiger partial charge in [0.05, 0.1) is 11.4 Å². The van der Waals surface area contributed by atoms with E-state index in [1.54, 1.807) is 0 Å². The highest BCUT2D eigenvalue weighted by atomic mass is 32.2. The minimum atomic E-state index is -0.225. The van der Waals surface area contributed by atoms with Gasteiger partial charge in [-0.3, -0.25) is 4.90 Å². The van der Waals surface area contributed by atoms with Gasteiger partial charge in [-0.15, -0.1) is 0 Å². The lowest BCUT2D eigenvalue weighted by Gasteiger charge is -2.33. The zero-order valence-electron chi connectivity index (χ0n) is 18.7. The molecule has 1 saturated heterocycles. The first-order chi connectivity index (χ1) is 16.2. The highest BCUT2D eigenvalue weighted by Crippen LogP contribution is 2.37. The predicted octanol–water partition coefficient (Wildman–Crippen LogP) is 6.31. The van der Waals surface area contributed by atoms with Crippen LogP contribution in [0.2, 0.25) is 0 Å². The van der Waals surface area contributed by atoms with E-state index >= 15 is 0 Å². The summed E-state index contributed by atoms with van der Waals surface area (Å²) in [5.41, 5.74) is 5.43. The number of hydrogen-bond donors (Lipinski definition) is 0. The molecular formula is C27H27FN4S. The Morgan fingerprint density at radius 1 is 0.970 bits per heavy atom. The van der Waals surface area contributed by atoms with Crippen molar-refractivity contribution < 1.29 is 4.39 Å². The molecule has 0 bridgehead atoms. The van der Waals surface area contributed by atoms with Crippen LogP contribution in [0.15, 0.2) is 84.3 Å². The molecule has 4 nitrogen and oxygen atoms in total. The molecule has 0 aliphatic carbocycles. The van der Waals surface area contributed by atoms with Crippen LogP contribution >= 0.6 is 11.8 Å². The Bertz CT molecular complexity index is 1200. The van der Waals surface area contributed by atoms with Gasteiger partial charge >= 0.3 is 0 Å². The Kier molecular flexibility index (Phi) is 6.55. The zero-order chi connectivity index (χ0) is 22.6. The third kappa shape index (κ3) is 4.87. The third-order valence-corrected chi connectivity index (χ3v) is 6.89. The van der Waals surface area contributed by atoms with E-state index in [2.05, 4.69) is 57.0 Å². The van der Waals surface area contributed by atoms with E-state index in [-0.39, 0.29) is 5.82 Å². The molecule has 1 aliphatic heterocycles. The standard InChI is InChI=1S/C27H27FN4S/c1-33-27-29-15-11-25(30-27)26-24(21-7-9-22(28)10-8-21)14-18-32(26)23-12-16-31(17-13-23)19-20-5-3-2-4-6-20/h2-11,14-15,18,23H,12-13,16-17,19H2,1H3. The molecule has 0 unspecified atom stereocenters. The first-order valence-corrected chi connectivity index (χ1v) is 12.5. The Morgan fingerprint density at radius 3 is 2.45 bits per heavy atom. The molecule has 1 fully saturated rings. The molecule has 3 heterocycles. The number of likely N-dealkylation sites (tertiary alicyclic amines) is 1. The van der Waals surface area contributed by atoms with Gasteiger partial charge in [-0.1, -0.05) is 54.2 Å². The van der Waals surface area contributed by atoms with Crippen molar-refractivity contribution in [2.24, 2.45) is 0 Å². The van der Waals surface area contributed by atoms with Gasteiger partial charge < -0.3 is 4.57 Å². The summed E-state index contributed by atoms with van der Waals surface area (Å²) in [5, 5.41) is 0.753. The maximum atomic E-state index is 13.6. The number of halogens is 1. The monoisotopic (exact) mass is 458 g/mol. The smallest absolute Gasteiger partial charge is 0.187 e. The summed E-state index contributed by atoms with van der Waals surface area (Å²) in [6.07, 6.45) is 8.14. The van der Waals surface area contributed by atoms with Gasteiger partial charge in [0, 0.05) is 43.6 Å². The quantitative estimate of drug-likeness (QED) is 0.250. The first kappa shape index (κ1) is 21.9. The number of rotatable bonds is 6. The maximum absolute atomic E-state index is 13.6. The number of thioether (sulfide) groups is 1. The van der Waals surface area contributed by atoms with Crippen molar-refractivity contribution in [1.29, 1.82) is 0 Å². The molecule has 2 aromatic carbocycles. The molecule has 4 aromatic rings. The molecule has 0 saturated carbocycles. The average molecular weight is 459 g/mol. The molecule has 0 atom stereocenters. The van der Waals surface area contributed by atoms with Crippen LogP contribution in [0, 0.1) is 5.82 Å². The minimum Gasteiger partial charge on any atom is -0.343 e. The van der Waals surface area contributed by atoms with Crippen LogP contribution in [0.25, 0.3) is 22.5 Å². The molecule has 2 aromatic heterocycles. The van der Waals surface area contributed by atoms with Crippen molar-refractivity contribution in [3.05, 3.63) is 90.5 Å². The number of aromatic nitrogens is 3. The van der Waals surface area contributed by atoms with E-state index in [4.69, 9.17) is 4.98 Å². The molecule has 0 amide bonds. The van der Waals surface area contributed by atoms with Crippen molar-refractivity contribution in [3.8, 4) is 22.5 Å². The molecule has 33 heavy (non-hydrogen) atoms. The first-order valence-electron chi connectivity index (χ1n) is 11.3. The van der Waals surface area contributed by atoms with Gasteiger partial charge in [0.15, 0.2) is 5.16 Å². The fourth-order valence-electron chi connectivity index (χ4n) is 4.65. The lowest BCUT2D eigenvalue weighted by Crippen LogP contribution is -2.34. The number of piperidine rings is 1. The SMILES string of the molecule is CSc1nccc(-c2c(-c3ccc(F)cc3)ccn2C2CCN(Cc3ccccc3)CC2)n1. The lowest BCUT2D eigenvalue weighted by atomic mass is 10.0. The van der Waals surface area contributed by atoms with Crippen molar-refractivity contribution in [1.82, 2.24) is 19.4 Å². The maximum Gasteiger partial charge on any atom is 0.187 e. The van der Waals surface area contributed by atoms with Gasteiger partial charge in [-0.25, -0.2) is 14.4 Å². The number of hydrogen-bond acceptors (Lipinski definition) is 4.